The highest BCUT2D eigenvalue weighted by atomic mass is 19.4. The lowest BCUT2D eigenvalue weighted by Gasteiger charge is -2.22. The van der Waals surface area contributed by atoms with E-state index in [1.54, 1.807) is 6.07 Å². The summed E-state index contributed by atoms with van der Waals surface area (Å²) in [6.07, 6.45) is 8.47. The zero-order valence-corrected chi connectivity index (χ0v) is 19.9. The first kappa shape index (κ1) is 24.7. The molecule has 1 heterocycles. The van der Waals surface area contributed by atoms with Crippen molar-refractivity contribution < 1.29 is 13.2 Å². The van der Waals surface area contributed by atoms with Crippen LogP contribution in [0.25, 0.3) is 21.8 Å². The van der Waals surface area contributed by atoms with Crippen molar-refractivity contribution in [3.05, 3.63) is 47.5 Å². The predicted molar refractivity (Wildman–Crippen MR) is 130 cm³/mol. The second-order valence-corrected chi connectivity index (χ2v) is 9.33. The Hall–Kier alpha value is -1.97. The molecule has 0 fully saturated rings. The van der Waals surface area contributed by atoms with Crippen molar-refractivity contribution in [2.45, 2.75) is 104 Å². The Morgan fingerprint density at radius 1 is 0.719 bits per heavy atom. The fourth-order valence-electron chi connectivity index (χ4n) is 4.93. The molecule has 0 aliphatic rings. The van der Waals surface area contributed by atoms with E-state index in [0.717, 1.165) is 53.1 Å². The molecule has 1 atom stereocenters. The SMILES string of the molecule is CCCCCCCC(CCCCCC)n1c2ccc(C)cc2c2ccc(C(F)(F)F)cc21. The van der Waals surface area contributed by atoms with Crippen molar-refractivity contribution >= 4 is 21.8 Å². The van der Waals surface area contributed by atoms with E-state index in [-0.39, 0.29) is 6.04 Å². The van der Waals surface area contributed by atoms with E-state index in [2.05, 4.69) is 36.6 Å². The lowest BCUT2D eigenvalue weighted by Crippen LogP contribution is -2.10. The van der Waals surface area contributed by atoms with Gasteiger partial charge in [0.25, 0.3) is 0 Å². The second kappa shape index (κ2) is 11.2. The van der Waals surface area contributed by atoms with Gasteiger partial charge < -0.3 is 4.57 Å². The standard InChI is InChI=1S/C28H38F3N/c1-4-6-8-10-12-14-23(13-11-9-7-5-2)32-26-18-15-21(3)19-25(26)24-17-16-22(20-27(24)32)28(29,30)31/h15-20,23H,4-14H2,1-3H3. The minimum absolute atomic E-state index is 0.236. The van der Waals surface area contributed by atoms with Gasteiger partial charge in [-0.25, -0.2) is 0 Å². The number of halogens is 3. The monoisotopic (exact) mass is 445 g/mol. The van der Waals surface area contributed by atoms with Gasteiger partial charge in [0.15, 0.2) is 0 Å². The molecule has 3 aromatic rings. The third-order valence-electron chi connectivity index (χ3n) is 6.68. The molecule has 0 aliphatic carbocycles. The summed E-state index contributed by atoms with van der Waals surface area (Å²) >= 11 is 0. The molecule has 176 valence electrons. The van der Waals surface area contributed by atoms with Gasteiger partial charge in [-0.05, 0) is 44.0 Å². The van der Waals surface area contributed by atoms with Crippen molar-refractivity contribution in [3.63, 3.8) is 0 Å². The minimum atomic E-state index is -4.33. The van der Waals surface area contributed by atoms with Gasteiger partial charge in [0.2, 0.25) is 0 Å². The third-order valence-corrected chi connectivity index (χ3v) is 6.68. The lowest BCUT2D eigenvalue weighted by atomic mass is 10.00. The van der Waals surface area contributed by atoms with Crippen LogP contribution in [-0.2, 0) is 6.18 Å². The van der Waals surface area contributed by atoms with Gasteiger partial charge in [-0.3, -0.25) is 0 Å². The van der Waals surface area contributed by atoms with Crippen molar-refractivity contribution in [2.24, 2.45) is 0 Å². The van der Waals surface area contributed by atoms with Crippen LogP contribution in [0.3, 0.4) is 0 Å². The summed E-state index contributed by atoms with van der Waals surface area (Å²) in [5.74, 6) is 0. The van der Waals surface area contributed by atoms with Gasteiger partial charge in [-0.1, -0.05) is 89.3 Å². The zero-order valence-electron chi connectivity index (χ0n) is 19.9. The van der Waals surface area contributed by atoms with E-state index in [4.69, 9.17) is 0 Å². The molecule has 3 rings (SSSR count). The molecule has 32 heavy (non-hydrogen) atoms. The maximum atomic E-state index is 13.6. The molecule has 1 aromatic heterocycles. The molecule has 1 nitrogen and oxygen atoms in total. The summed E-state index contributed by atoms with van der Waals surface area (Å²) in [6, 6.07) is 10.8. The summed E-state index contributed by atoms with van der Waals surface area (Å²) in [6.45, 7) is 6.47. The number of alkyl halides is 3. The normalized spacial score (nSPS) is 13.3. The van der Waals surface area contributed by atoms with Crippen molar-refractivity contribution in [2.75, 3.05) is 0 Å². The van der Waals surface area contributed by atoms with E-state index in [0.29, 0.717) is 0 Å². The average Bonchev–Trinajstić information content (AvgIpc) is 3.07. The molecular formula is C28H38F3N. The van der Waals surface area contributed by atoms with Gasteiger partial charge in [0.1, 0.15) is 0 Å². The molecule has 0 radical (unpaired) electrons. The summed E-state index contributed by atoms with van der Waals surface area (Å²) in [7, 11) is 0. The summed E-state index contributed by atoms with van der Waals surface area (Å²) in [5.41, 5.74) is 2.38. The molecule has 0 aliphatic heterocycles. The van der Waals surface area contributed by atoms with Crippen LogP contribution in [0, 0.1) is 6.92 Å². The smallest absolute Gasteiger partial charge is 0.337 e. The van der Waals surface area contributed by atoms with E-state index < -0.39 is 11.7 Å². The summed E-state index contributed by atoms with van der Waals surface area (Å²) in [4.78, 5) is 0. The molecule has 0 N–H and O–H groups in total. The fourth-order valence-corrected chi connectivity index (χ4v) is 4.93. The number of hydrogen-bond acceptors (Lipinski definition) is 0. The fraction of sp³-hybridized carbons (Fsp3) is 0.571. The maximum Gasteiger partial charge on any atom is 0.416 e. The van der Waals surface area contributed by atoms with Crippen LogP contribution in [0.4, 0.5) is 13.2 Å². The van der Waals surface area contributed by atoms with E-state index in [1.165, 1.54) is 57.1 Å². The largest absolute Gasteiger partial charge is 0.416 e. The average molecular weight is 446 g/mol. The van der Waals surface area contributed by atoms with Crippen LogP contribution in [0.15, 0.2) is 36.4 Å². The third kappa shape index (κ3) is 5.88. The number of nitrogens with zero attached hydrogens (tertiary/aromatic N) is 1. The lowest BCUT2D eigenvalue weighted by molar-refractivity contribution is -0.137. The van der Waals surface area contributed by atoms with Crippen molar-refractivity contribution in [1.82, 2.24) is 4.57 Å². The number of hydrogen-bond donors (Lipinski definition) is 0. The Morgan fingerprint density at radius 3 is 1.97 bits per heavy atom. The number of fused-ring (bicyclic) bond motifs is 3. The molecule has 0 saturated carbocycles. The first-order valence-corrected chi connectivity index (χ1v) is 12.5. The van der Waals surface area contributed by atoms with Crippen molar-refractivity contribution in [1.29, 1.82) is 0 Å². The molecule has 2 aromatic carbocycles. The molecule has 0 spiro atoms. The van der Waals surface area contributed by atoms with E-state index in [9.17, 15) is 13.2 Å². The molecule has 1 unspecified atom stereocenters. The Kier molecular flexibility index (Phi) is 8.67. The highest BCUT2D eigenvalue weighted by Crippen LogP contribution is 2.39. The number of aryl methyl sites for hydroxylation is 1. The Bertz CT molecular complexity index is 999. The molecular weight excluding hydrogens is 407 g/mol. The number of unbranched alkanes of at least 4 members (excludes halogenated alkanes) is 7. The van der Waals surface area contributed by atoms with Gasteiger partial charge in [0.05, 0.1) is 5.56 Å². The summed E-state index contributed by atoms with van der Waals surface area (Å²) in [5, 5.41) is 2.00. The Labute approximate surface area is 191 Å². The molecule has 0 amide bonds. The van der Waals surface area contributed by atoms with Crippen LogP contribution in [-0.4, -0.2) is 4.57 Å². The van der Waals surface area contributed by atoms with Crippen molar-refractivity contribution in [3.8, 4) is 0 Å². The summed E-state index contributed by atoms with van der Waals surface area (Å²) < 4.78 is 42.9. The number of benzene rings is 2. The van der Waals surface area contributed by atoms with Gasteiger partial charge in [0, 0.05) is 27.8 Å². The molecule has 0 bridgehead atoms. The van der Waals surface area contributed by atoms with Crippen LogP contribution >= 0.6 is 0 Å². The zero-order chi connectivity index (χ0) is 23.1. The predicted octanol–water partition coefficient (Wildman–Crippen LogP) is 9.99. The first-order valence-electron chi connectivity index (χ1n) is 12.5. The molecule has 4 heteroatoms. The number of aromatic nitrogens is 1. The quantitative estimate of drug-likeness (QED) is 0.244. The van der Waals surface area contributed by atoms with Crippen LogP contribution < -0.4 is 0 Å². The topological polar surface area (TPSA) is 4.93 Å². The minimum Gasteiger partial charge on any atom is -0.337 e. The first-order chi connectivity index (χ1) is 15.4. The maximum absolute atomic E-state index is 13.6. The van der Waals surface area contributed by atoms with Crippen LogP contribution in [0.2, 0.25) is 0 Å². The number of rotatable bonds is 12. The van der Waals surface area contributed by atoms with Crippen LogP contribution in [0.1, 0.15) is 102 Å². The Balaban J connectivity index is 2.05. The van der Waals surface area contributed by atoms with E-state index in [1.807, 2.05) is 6.92 Å². The van der Waals surface area contributed by atoms with Gasteiger partial charge in [-0.15, -0.1) is 0 Å². The van der Waals surface area contributed by atoms with E-state index >= 15 is 0 Å². The highest BCUT2D eigenvalue weighted by Gasteiger charge is 2.31. The van der Waals surface area contributed by atoms with Crippen LogP contribution in [0.5, 0.6) is 0 Å². The molecule has 0 saturated heterocycles. The Morgan fingerprint density at radius 2 is 1.34 bits per heavy atom. The highest BCUT2D eigenvalue weighted by molar-refractivity contribution is 6.08. The second-order valence-electron chi connectivity index (χ2n) is 9.33. The van der Waals surface area contributed by atoms with Gasteiger partial charge >= 0.3 is 6.18 Å². The van der Waals surface area contributed by atoms with Gasteiger partial charge in [-0.2, -0.15) is 13.2 Å².